The molecule has 0 fully saturated rings. The molecule has 8 heteroatoms. The van der Waals surface area contributed by atoms with E-state index in [-0.39, 0.29) is 21.7 Å². The fourth-order valence-corrected chi connectivity index (χ4v) is 2.53. The zero-order chi connectivity index (χ0) is 18.2. The Morgan fingerprint density at radius 2 is 1.84 bits per heavy atom. The van der Waals surface area contributed by atoms with Crippen LogP contribution in [0, 0.1) is 5.82 Å². The number of aromatic nitrogens is 1. The first-order valence-electron chi connectivity index (χ1n) is 7.06. The maximum absolute atomic E-state index is 13.4. The van der Waals surface area contributed by atoms with Crippen molar-refractivity contribution in [3.05, 3.63) is 58.9 Å². The van der Waals surface area contributed by atoms with Gasteiger partial charge < -0.3 is 10.1 Å². The smallest absolute Gasteiger partial charge is 0.417 e. The lowest BCUT2D eigenvalue weighted by Crippen LogP contribution is -2.08. The molecule has 1 aromatic heterocycles. The number of anilines is 2. The number of hydrogen-bond donors (Lipinski definition) is 1. The standard InChI is InChI=1S/C17H11ClF4N2O/c1-25-10-3-5-15-11(7-10)12(17(20,21)22)8-16(24-15)23-9-2-4-14(19)13(18)6-9/h2-8H,1H3,(H,23,24). The molecule has 130 valence electrons. The molecule has 1 heterocycles. The van der Waals surface area contributed by atoms with Gasteiger partial charge >= 0.3 is 6.18 Å². The molecule has 0 spiro atoms. The van der Waals surface area contributed by atoms with E-state index in [1.54, 1.807) is 0 Å². The Labute approximate surface area is 145 Å². The summed E-state index contributed by atoms with van der Waals surface area (Å²) in [6, 6.07) is 8.86. The molecule has 3 rings (SSSR count). The van der Waals surface area contributed by atoms with E-state index in [9.17, 15) is 17.6 Å². The van der Waals surface area contributed by atoms with Crippen molar-refractivity contribution in [3.8, 4) is 5.75 Å². The Morgan fingerprint density at radius 3 is 2.48 bits per heavy atom. The summed E-state index contributed by atoms with van der Waals surface area (Å²) < 4.78 is 58.4. The third kappa shape index (κ3) is 3.61. The first-order chi connectivity index (χ1) is 11.8. The van der Waals surface area contributed by atoms with Crippen LogP contribution in [-0.2, 0) is 6.18 Å². The number of pyridine rings is 1. The molecule has 25 heavy (non-hydrogen) atoms. The number of benzene rings is 2. The summed E-state index contributed by atoms with van der Waals surface area (Å²) in [5.41, 5.74) is -0.390. The summed E-state index contributed by atoms with van der Waals surface area (Å²) in [5.74, 6) is -0.361. The van der Waals surface area contributed by atoms with Crippen LogP contribution < -0.4 is 10.1 Å². The molecular weight excluding hydrogens is 360 g/mol. The molecule has 0 bridgehead atoms. The number of ether oxygens (including phenoxy) is 1. The molecule has 1 N–H and O–H groups in total. The number of nitrogens with one attached hydrogen (secondary N) is 1. The molecule has 0 amide bonds. The van der Waals surface area contributed by atoms with Crippen LogP contribution in [0.25, 0.3) is 10.9 Å². The highest BCUT2D eigenvalue weighted by molar-refractivity contribution is 6.31. The van der Waals surface area contributed by atoms with Crippen LogP contribution in [0.2, 0.25) is 5.02 Å². The van der Waals surface area contributed by atoms with E-state index >= 15 is 0 Å². The lowest BCUT2D eigenvalue weighted by atomic mass is 10.1. The fourth-order valence-electron chi connectivity index (χ4n) is 2.35. The van der Waals surface area contributed by atoms with E-state index in [1.165, 1.54) is 37.4 Å². The molecular formula is C17H11ClF4N2O. The van der Waals surface area contributed by atoms with Gasteiger partial charge in [-0.05, 0) is 42.5 Å². The van der Waals surface area contributed by atoms with Crippen LogP contribution in [0.5, 0.6) is 5.75 Å². The van der Waals surface area contributed by atoms with Gasteiger partial charge in [-0.1, -0.05) is 11.6 Å². The maximum Gasteiger partial charge on any atom is 0.417 e. The molecule has 2 aromatic carbocycles. The van der Waals surface area contributed by atoms with Gasteiger partial charge in [-0.3, -0.25) is 0 Å². The van der Waals surface area contributed by atoms with E-state index in [0.717, 1.165) is 12.1 Å². The van der Waals surface area contributed by atoms with Gasteiger partial charge in [-0.2, -0.15) is 13.2 Å². The van der Waals surface area contributed by atoms with Gasteiger partial charge in [0, 0.05) is 11.1 Å². The van der Waals surface area contributed by atoms with Crippen LogP contribution in [0.1, 0.15) is 5.56 Å². The second kappa shape index (κ2) is 6.40. The first kappa shape index (κ1) is 17.3. The van der Waals surface area contributed by atoms with Crippen LogP contribution in [0.3, 0.4) is 0 Å². The van der Waals surface area contributed by atoms with Crippen molar-refractivity contribution in [2.75, 3.05) is 12.4 Å². The first-order valence-corrected chi connectivity index (χ1v) is 7.44. The van der Waals surface area contributed by atoms with Crippen LogP contribution in [0.4, 0.5) is 29.1 Å². The van der Waals surface area contributed by atoms with Gasteiger partial charge in [0.15, 0.2) is 0 Å². The zero-order valence-corrected chi connectivity index (χ0v) is 13.5. The number of rotatable bonds is 3. The maximum atomic E-state index is 13.4. The highest BCUT2D eigenvalue weighted by atomic mass is 35.5. The lowest BCUT2D eigenvalue weighted by molar-refractivity contribution is -0.136. The Balaban J connectivity index is 2.11. The normalized spacial score (nSPS) is 11.6. The number of fused-ring (bicyclic) bond motifs is 1. The second-order valence-electron chi connectivity index (χ2n) is 5.19. The van der Waals surface area contributed by atoms with E-state index in [4.69, 9.17) is 16.3 Å². The van der Waals surface area contributed by atoms with Gasteiger partial charge in [-0.15, -0.1) is 0 Å². The number of methoxy groups -OCH3 is 1. The Kier molecular flexibility index (Phi) is 4.43. The van der Waals surface area contributed by atoms with E-state index in [2.05, 4.69) is 10.3 Å². The minimum atomic E-state index is -4.58. The topological polar surface area (TPSA) is 34.1 Å². The Morgan fingerprint density at radius 1 is 1.08 bits per heavy atom. The van der Waals surface area contributed by atoms with Crippen molar-refractivity contribution in [3.63, 3.8) is 0 Å². The number of halogens is 5. The zero-order valence-electron chi connectivity index (χ0n) is 12.8. The molecule has 3 nitrogen and oxygen atoms in total. The third-order valence-corrected chi connectivity index (χ3v) is 3.80. The molecule has 0 unspecified atom stereocenters. The molecule has 0 aliphatic heterocycles. The molecule has 0 radical (unpaired) electrons. The summed E-state index contributed by atoms with van der Waals surface area (Å²) in [6.45, 7) is 0. The third-order valence-electron chi connectivity index (χ3n) is 3.51. The number of alkyl halides is 3. The Bertz CT molecular complexity index is 944. The van der Waals surface area contributed by atoms with Gasteiger partial charge in [0.05, 0.1) is 23.2 Å². The van der Waals surface area contributed by atoms with Crippen molar-refractivity contribution >= 4 is 34.0 Å². The van der Waals surface area contributed by atoms with Crippen LogP contribution in [0.15, 0.2) is 42.5 Å². The summed E-state index contributed by atoms with van der Waals surface area (Å²) in [5, 5.41) is 2.49. The second-order valence-corrected chi connectivity index (χ2v) is 5.60. The van der Waals surface area contributed by atoms with Crippen molar-refractivity contribution in [2.24, 2.45) is 0 Å². The average Bonchev–Trinajstić information content (AvgIpc) is 2.56. The van der Waals surface area contributed by atoms with Gasteiger partial charge in [-0.25, -0.2) is 9.37 Å². The van der Waals surface area contributed by atoms with Gasteiger partial charge in [0.2, 0.25) is 0 Å². The van der Waals surface area contributed by atoms with Gasteiger partial charge in [0.25, 0.3) is 0 Å². The molecule has 0 aliphatic rings. The lowest BCUT2D eigenvalue weighted by Gasteiger charge is -2.14. The largest absolute Gasteiger partial charge is 0.497 e. The molecule has 0 saturated carbocycles. The predicted octanol–water partition coefficient (Wildman–Crippen LogP) is 5.80. The predicted molar refractivity (Wildman–Crippen MR) is 88.0 cm³/mol. The monoisotopic (exact) mass is 370 g/mol. The summed E-state index contributed by atoms with van der Waals surface area (Å²) in [4.78, 5) is 4.17. The van der Waals surface area contributed by atoms with E-state index < -0.39 is 17.6 Å². The molecule has 0 saturated heterocycles. The fraction of sp³-hybridized carbons (Fsp3) is 0.118. The summed E-state index contributed by atoms with van der Waals surface area (Å²) >= 11 is 5.68. The van der Waals surface area contributed by atoms with Crippen LogP contribution >= 0.6 is 11.6 Å². The van der Waals surface area contributed by atoms with E-state index in [0.29, 0.717) is 11.4 Å². The minimum absolute atomic E-state index is 0.0346. The van der Waals surface area contributed by atoms with Crippen LogP contribution in [-0.4, -0.2) is 12.1 Å². The number of nitrogens with zero attached hydrogens (tertiary/aromatic N) is 1. The van der Waals surface area contributed by atoms with Crippen molar-refractivity contribution in [1.29, 1.82) is 0 Å². The van der Waals surface area contributed by atoms with Crippen molar-refractivity contribution in [2.45, 2.75) is 6.18 Å². The molecule has 0 atom stereocenters. The highest BCUT2D eigenvalue weighted by Crippen LogP contribution is 2.37. The van der Waals surface area contributed by atoms with Crippen molar-refractivity contribution < 1.29 is 22.3 Å². The minimum Gasteiger partial charge on any atom is -0.497 e. The van der Waals surface area contributed by atoms with Crippen molar-refractivity contribution in [1.82, 2.24) is 4.98 Å². The number of hydrogen-bond acceptors (Lipinski definition) is 3. The quantitative estimate of drug-likeness (QED) is 0.592. The summed E-state index contributed by atoms with van der Waals surface area (Å²) in [7, 11) is 1.37. The summed E-state index contributed by atoms with van der Waals surface area (Å²) in [6.07, 6.45) is -4.58. The molecule has 0 aliphatic carbocycles. The van der Waals surface area contributed by atoms with Gasteiger partial charge in [0.1, 0.15) is 17.4 Å². The van der Waals surface area contributed by atoms with E-state index in [1.807, 2.05) is 0 Å². The highest BCUT2D eigenvalue weighted by Gasteiger charge is 2.33. The molecule has 3 aromatic rings. The SMILES string of the molecule is COc1ccc2nc(Nc3ccc(F)c(Cl)c3)cc(C(F)(F)F)c2c1. The average molecular weight is 371 g/mol. The Hall–Kier alpha value is -2.54.